The highest BCUT2D eigenvalue weighted by atomic mass is 32.2. The number of hydrogen-bond donors (Lipinski definition) is 1. The number of methoxy groups -OCH3 is 2. The molecule has 2 atom stereocenters. The summed E-state index contributed by atoms with van der Waals surface area (Å²) >= 11 is 0. The van der Waals surface area contributed by atoms with Crippen molar-refractivity contribution < 1.29 is 31.6 Å². The Balaban J connectivity index is 1.78. The van der Waals surface area contributed by atoms with E-state index >= 15 is 0 Å². The number of nitrogens with zero attached hydrogens (tertiary/aromatic N) is 1. The van der Waals surface area contributed by atoms with E-state index in [1.54, 1.807) is 36.4 Å². The first-order valence-electron chi connectivity index (χ1n) is 10.5. The van der Waals surface area contributed by atoms with Crippen molar-refractivity contribution in [3.05, 3.63) is 76.9 Å². The Bertz CT molecular complexity index is 1280. The van der Waals surface area contributed by atoms with Gasteiger partial charge in [-0.1, -0.05) is 17.7 Å². The quantitative estimate of drug-likeness (QED) is 0.461. The molecule has 0 saturated heterocycles. The van der Waals surface area contributed by atoms with Crippen molar-refractivity contribution in [2.75, 3.05) is 26.6 Å². The van der Waals surface area contributed by atoms with Crippen molar-refractivity contribution in [1.29, 1.82) is 0 Å². The molecule has 0 bridgehead atoms. The first kappa shape index (κ1) is 24.6. The maximum Gasteiger partial charge on any atom is 0.416 e. The zero-order chi connectivity index (χ0) is 25.3. The number of nitrogen functional groups attached to an aromatic ring is 1. The van der Waals surface area contributed by atoms with Crippen LogP contribution in [0, 0.1) is 6.92 Å². The minimum absolute atomic E-state index is 0.0319. The standard InChI is InChI=1S/C25H23F3N2O4S/c1-14-4-7-17(8-5-14)35(31)22-12-16(25(26,27)28)6-9-18(22)24-30-19(13-34-24)15-10-20(32-2)23(29)21(11-15)33-3/h4-12,19H,13,29H2,1-3H3/t19-,35+/m1/s1. The third-order valence-corrected chi connectivity index (χ3v) is 7.01. The van der Waals surface area contributed by atoms with E-state index in [-0.39, 0.29) is 23.0 Å². The highest BCUT2D eigenvalue weighted by Crippen LogP contribution is 2.38. The number of alkyl halides is 3. The van der Waals surface area contributed by atoms with Crippen LogP contribution >= 0.6 is 0 Å². The van der Waals surface area contributed by atoms with Gasteiger partial charge < -0.3 is 19.9 Å². The predicted molar refractivity (Wildman–Crippen MR) is 126 cm³/mol. The number of ether oxygens (including phenoxy) is 3. The molecule has 0 aromatic heterocycles. The summed E-state index contributed by atoms with van der Waals surface area (Å²) < 4.78 is 70.1. The van der Waals surface area contributed by atoms with Crippen molar-refractivity contribution in [1.82, 2.24) is 0 Å². The van der Waals surface area contributed by atoms with Gasteiger partial charge in [0.05, 0.1) is 41.0 Å². The highest BCUT2D eigenvalue weighted by molar-refractivity contribution is 7.85. The molecule has 10 heteroatoms. The minimum atomic E-state index is -4.59. The van der Waals surface area contributed by atoms with Gasteiger partial charge in [-0.3, -0.25) is 0 Å². The average Bonchev–Trinajstić information content (AvgIpc) is 3.33. The molecule has 0 amide bonds. The Morgan fingerprint density at radius 3 is 2.23 bits per heavy atom. The average molecular weight is 505 g/mol. The lowest BCUT2D eigenvalue weighted by atomic mass is 10.1. The monoisotopic (exact) mass is 504 g/mol. The molecular formula is C25H23F3N2O4S. The maximum absolute atomic E-state index is 13.5. The van der Waals surface area contributed by atoms with E-state index in [2.05, 4.69) is 4.99 Å². The molecule has 0 unspecified atom stereocenters. The Morgan fingerprint density at radius 1 is 1.03 bits per heavy atom. The number of benzene rings is 3. The van der Waals surface area contributed by atoms with Gasteiger partial charge in [-0.25, -0.2) is 9.20 Å². The SMILES string of the molecule is COc1cc([C@H]2COC(c3ccc(C(F)(F)F)cc3[S@@](=O)c3ccc(C)cc3)=N2)cc(OC)c1N. The summed E-state index contributed by atoms with van der Waals surface area (Å²) in [7, 11) is 1.06. The van der Waals surface area contributed by atoms with Gasteiger partial charge in [0.1, 0.15) is 29.8 Å². The second-order valence-electron chi connectivity index (χ2n) is 7.89. The van der Waals surface area contributed by atoms with Crippen molar-refractivity contribution in [2.24, 2.45) is 4.99 Å². The molecule has 0 radical (unpaired) electrons. The molecule has 1 heterocycles. The van der Waals surface area contributed by atoms with Crippen molar-refractivity contribution in [3.63, 3.8) is 0 Å². The zero-order valence-electron chi connectivity index (χ0n) is 19.2. The second-order valence-corrected chi connectivity index (χ2v) is 9.34. The fourth-order valence-corrected chi connectivity index (χ4v) is 4.89. The van der Waals surface area contributed by atoms with Crippen LogP contribution in [0.2, 0.25) is 0 Å². The molecule has 184 valence electrons. The smallest absolute Gasteiger partial charge is 0.416 e. The van der Waals surface area contributed by atoms with Crippen LogP contribution in [-0.2, 0) is 21.7 Å². The van der Waals surface area contributed by atoms with Crippen LogP contribution in [0.4, 0.5) is 18.9 Å². The highest BCUT2D eigenvalue weighted by Gasteiger charge is 2.33. The van der Waals surface area contributed by atoms with E-state index in [1.807, 2.05) is 6.92 Å². The van der Waals surface area contributed by atoms with E-state index in [9.17, 15) is 17.4 Å². The van der Waals surface area contributed by atoms with Crippen LogP contribution in [0.3, 0.4) is 0 Å². The molecule has 1 aliphatic heterocycles. The Labute approximate surface area is 203 Å². The maximum atomic E-state index is 13.5. The van der Waals surface area contributed by atoms with Crippen LogP contribution in [0.1, 0.15) is 28.3 Å². The Morgan fingerprint density at radius 2 is 1.66 bits per heavy atom. The van der Waals surface area contributed by atoms with Crippen LogP contribution in [0.25, 0.3) is 0 Å². The Hall–Kier alpha value is -3.53. The van der Waals surface area contributed by atoms with Gasteiger partial charge in [-0.05, 0) is 55.0 Å². The summed E-state index contributed by atoms with van der Waals surface area (Å²) in [4.78, 5) is 4.92. The number of aliphatic imine (C=N–C) groups is 1. The Kier molecular flexibility index (Phi) is 6.75. The normalized spacial score (nSPS) is 16.4. The first-order valence-corrected chi connectivity index (χ1v) is 11.7. The topological polar surface area (TPSA) is 83.1 Å². The molecule has 0 spiro atoms. The molecule has 4 rings (SSSR count). The molecule has 0 fully saturated rings. The molecule has 3 aromatic carbocycles. The second kappa shape index (κ2) is 9.61. The number of halogens is 3. The van der Waals surface area contributed by atoms with Crippen LogP contribution in [-0.4, -0.2) is 30.9 Å². The van der Waals surface area contributed by atoms with Crippen molar-refractivity contribution in [2.45, 2.75) is 28.9 Å². The summed E-state index contributed by atoms with van der Waals surface area (Å²) in [5, 5.41) is 0. The lowest BCUT2D eigenvalue weighted by Crippen LogP contribution is -2.11. The number of nitrogens with two attached hydrogens (primary N) is 1. The molecule has 35 heavy (non-hydrogen) atoms. The van der Waals surface area contributed by atoms with Crippen molar-refractivity contribution >= 4 is 22.4 Å². The summed E-state index contributed by atoms with van der Waals surface area (Å²) in [6.45, 7) is 1.99. The summed E-state index contributed by atoms with van der Waals surface area (Å²) in [5.74, 6) is 0.909. The van der Waals surface area contributed by atoms with Crippen LogP contribution in [0.15, 0.2) is 69.4 Å². The van der Waals surface area contributed by atoms with Gasteiger partial charge in [-0.2, -0.15) is 13.2 Å². The third kappa shape index (κ3) is 4.97. The molecule has 0 saturated carbocycles. The lowest BCUT2D eigenvalue weighted by molar-refractivity contribution is -0.137. The largest absolute Gasteiger partial charge is 0.494 e. The van der Waals surface area contributed by atoms with Gasteiger partial charge in [0.25, 0.3) is 0 Å². The van der Waals surface area contributed by atoms with Gasteiger partial charge in [0.15, 0.2) is 0 Å². The molecule has 2 N–H and O–H groups in total. The predicted octanol–water partition coefficient (Wildman–Crippen LogP) is 5.30. The fourth-order valence-electron chi connectivity index (χ4n) is 3.66. The van der Waals surface area contributed by atoms with Crippen LogP contribution < -0.4 is 15.2 Å². The van der Waals surface area contributed by atoms with Gasteiger partial charge in [0, 0.05) is 4.90 Å². The van der Waals surface area contributed by atoms with E-state index in [1.165, 1.54) is 20.3 Å². The van der Waals surface area contributed by atoms with E-state index in [0.717, 1.165) is 17.7 Å². The van der Waals surface area contributed by atoms with E-state index in [4.69, 9.17) is 19.9 Å². The van der Waals surface area contributed by atoms with Gasteiger partial charge in [0.2, 0.25) is 5.90 Å². The summed E-state index contributed by atoms with van der Waals surface area (Å²) in [6.07, 6.45) is -4.59. The molecule has 0 aliphatic carbocycles. The molecular weight excluding hydrogens is 481 g/mol. The third-order valence-electron chi connectivity index (χ3n) is 5.58. The molecule has 1 aliphatic rings. The number of hydrogen-bond acceptors (Lipinski definition) is 6. The molecule has 6 nitrogen and oxygen atoms in total. The van der Waals surface area contributed by atoms with Gasteiger partial charge in [-0.15, -0.1) is 0 Å². The van der Waals surface area contributed by atoms with Crippen LogP contribution in [0.5, 0.6) is 11.5 Å². The summed E-state index contributed by atoms with van der Waals surface area (Å²) in [5.41, 5.74) is 7.31. The fraction of sp³-hybridized carbons (Fsp3) is 0.240. The molecule has 3 aromatic rings. The van der Waals surface area contributed by atoms with Crippen molar-refractivity contribution in [3.8, 4) is 11.5 Å². The lowest BCUT2D eigenvalue weighted by Gasteiger charge is -2.13. The number of anilines is 1. The van der Waals surface area contributed by atoms with Gasteiger partial charge >= 0.3 is 6.18 Å². The zero-order valence-corrected chi connectivity index (χ0v) is 20.0. The van der Waals surface area contributed by atoms with E-state index in [0.29, 0.717) is 27.6 Å². The van der Waals surface area contributed by atoms with E-state index < -0.39 is 28.6 Å². The summed E-state index contributed by atoms with van der Waals surface area (Å²) in [6, 6.07) is 12.7. The number of rotatable bonds is 6. The minimum Gasteiger partial charge on any atom is -0.494 e. The number of aryl methyl sites for hydroxylation is 1. The first-order chi connectivity index (χ1) is 16.6.